The predicted octanol–water partition coefficient (Wildman–Crippen LogP) is 2.92. The van der Waals surface area contributed by atoms with Crippen LogP contribution in [-0.4, -0.2) is 31.2 Å². The number of nitrogens with zero attached hydrogens (tertiary/aromatic N) is 4. The van der Waals surface area contributed by atoms with E-state index < -0.39 is 0 Å². The highest BCUT2D eigenvalue weighted by atomic mass is 35.5. The van der Waals surface area contributed by atoms with Crippen LogP contribution < -0.4 is 10.6 Å². The minimum atomic E-state index is 0.478. The first-order valence-electron chi connectivity index (χ1n) is 6.82. The zero-order valence-corrected chi connectivity index (χ0v) is 15.0. The summed E-state index contributed by atoms with van der Waals surface area (Å²) < 4.78 is 3.49. The number of aromatic nitrogens is 4. The normalized spacial score (nSPS) is 10.8. The van der Waals surface area contributed by atoms with E-state index >= 15 is 0 Å². The van der Waals surface area contributed by atoms with Crippen LogP contribution in [0, 0.1) is 13.8 Å². The molecular weight excluding hydrogens is 343 g/mol. The third kappa shape index (κ3) is 3.91. The van der Waals surface area contributed by atoms with E-state index in [1.165, 1.54) is 0 Å². The van der Waals surface area contributed by atoms with Gasteiger partial charge in [-0.2, -0.15) is 10.2 Å². The van der Waals surface area contributed by atoms with Crippen molar-refractivity contribution in [3.05, 3.63) is 27.8 Å². The lowest BCUT2D eigenvalue weighted by Gasteiger charge is -2.10. The summed E-state index contributed by atoms with van der Waals surface area (Å²) in [5.41, 5.74) is 2.67. The fraction of sp³-hybridized carbons (Fsp3) is 0.462. The van der Waals surface area contributed by atoms with Gasteiger partial charge in [0.25, 0.3) is 0 Å². The van der Waals surface area contributed by atoms with Crippen LogP contribution in [0.3, 0.4) is 0 Å². The van der Waals surface area contributed by atoms with Crippen LogP contribution in [0.5, 0.6) is 0 Å². The maximum atomic E-state index is 6.08. The van der Waals surface area contributed by atoms with E-state index in [1.54, 1.807) is 15.6 Å². The molecule has 2 heterocycles. The highest BCUT2D eigenvalue weighted by molar-refractivity contribution is 7.80. The molecule has 0 saturated heterocycles. The van der Waals surface area contributed by atoms with Gasteiger partial charge in [0.1, 0.15) is 10.2 Å². The lowest BCUT2D eigenvalue weighted by atomic mass is 10.4. The van der Waals surface area contributed by atoms with E-state index in [1.807, 2.05) is 20.9 Å². The van der Waals surface area contributed by atoms with Crippen LogP contribution >= 0.6 is 35.4 Å². The summed E-state index contributed by atoms with van der Waals surface area (Å²) in [5.74, 6) is 0. The average molecular weight is 361 g/mol. The molecule has 0 saturated carbocycles. The zero-order chi connectivity index (χ0) is 16.3. The molecule has 2 aromatic heterocycles. The van der Waals surface area contributed by atoms with Gasteiger partial charge < -0.3 is 10.6 Å². The lowest BCUT2D eigenvalue weighted by Crippen LogP contribution is -2.30. The van der Waals surface area contributed by atoms with Crippen LogP contribution in [0.25, 0.3) is 0 Å². The molecular formula is C13H18Cl2N6S. The maximum absolute atomic E-state index is 6.08. The number of halogens is 2. The molecule has 0 bridgehead atoms. The molecule has 2 rings (SSSR count). The molecule has 22 heavy (non-hydrogen) atoms. The Labute approximate surface area is 144 Å². The van der Waals surface area contributed by atoms with Crippen molar-refractivity contribution < 1.29 is 0 Å². The van der Waals surface area contributed by atoms with E-state index in [2.05, 4.69) is 20.8 Å². The fourth-order valence-electron chi connectivity index (χ4n) is 1.90. The molecule has 120 valence electrons. The minimum Gasteiger partial charge on any atom is -0.362 e. The van der Waals surface area contributed by atoms with Crippen molar-refractivity contribution in [2.24, 2.45) is 7.05 Å². The van der Waals surface area contributed by atoms with Crippen molar-refractivity contribution in [2.75, 3.05) is 11.9 Å². The SMILES string of the molecule is Cc1nn(CCCNC(=S)Nc2cnn(C)c2C)c(Cl)c1Cl. The molecule has 0 aliphatic rings. The van der Waals surface area contributed by atoms with Gasteiger partial charge in [0.05, 0.1) is 23.3 Å². The van der Waals surface area contributed by atoms with E-state index in [4.69, 9.17) is 35.4 Å². The smallest absolute Gasteiger partial charge is 0.170 e. The van der Waals surface area contributed by atoms with Gasteiger partial charge in [0.2, 0.25) is 0 Å². The fourth-order valence-corrected chi connectivity index (χ4v) is 2.50. The third-order valence-electron chi connectivity index (χ3n) is 3.31. The number of nitrogens with one attached hydrogen (secondary N) is 2. The molecule has 0 amide bonds. The molecule has 0 radical (unpaired) electrons. The molecule has 0 spiro atoms. The highest BCUT2D eigenvalue weighted by Gasteiger charge is 2.10. The first kappa shape index (κ1) is 17.1. The van der Waals surface area contributed by atoms with Gasteiger partial charge in [-0.3, -0.25) is 9.36 Å². The van der Waals surface area contributed by atoms with E-state index in [9.17, 15) is 0 Å². The monoisotopic (exact) mass is 360 g/mol. The molecule has 0 aliphatic heterocycles. The molecule has 9 heteroatoms. The van der Waals surface area contributed by atoms with E-state index in [0.29, 0.717) is 28.4 Å². The molecule has 6 nitrogen and oxygen atoms in total. The summed E-state index contributed by atoms with van der Waals surface area (Å²) in [6.45, 7) is 5.19. The van der Waals surface area contributed by atoms with Crippen molar-refractivity contribution in [3.8, 4) is 0 Å². The van der Waals surface area contributed by atoms with Gasteiger partial charge in [0.15, 0.2) is 5.11 Å². The average Bonchev–Trinajstić information content (AvgIpc) is 2.92. The summed E-state index contributed by atoms with van der Waals surface area (Å²) in [4.78, 5) is 0. The van der Waals surface area contributed by atoms with Crippen LogP contribution in [0.4, 0.5) is 5.69 Å². The molecule has 2 N–H and O–H groups in total. The largest absolute Gasteiger partial charge is 0.362 e. The third-order valence-corrected chi connectivity index (χ3v) is 4.49. The molecule has 0 fully saturated rings. The number of rotatable bonds is 5. The summed E-state index contributed by atoms with van der Waals surface area (Å²) in [6, 6.07) is 0. The van der Waals surface area contributed by atoms with Gasteiger partial charge in [-0.15, -0.1) is 0 Å². The molecule has 0 aliphatic carbocycles. The van der Waals surface area contributed by atoms with Crippen LogP contribution in [-0.2, 0) is 13.6 Å². The second-order valence-electron chi connectivity index (χ2n) is 4.92. The number of anilines is 1. The Bertz CT molecular complexity index is 678. The Morgan fingerprint density at radius 3 is 2.64 bits per heavy atom. The standard InChI is InChI=1S/C13H18Cl2N6S/c1-8-11(14)12(15)21(19-8)6-4-5-16-13(22)18-10-7-17-20(3)9(10)2/h7H,4-6H2,1-3H3,(H2,16,18,22). The van der Waals surface area contributed by atoms with E-state index in [0.717, 1.165) is 23.5 Å². The topological polar surface area (TPSA) is 59.7 Å². The summed E-state index contributed by atoms with van der Waals surface area (Å²) in [5, 5.41) is 16.3. The molecule has 0 aromatic carbocycles. The van der Waals surface area contributed by atoms with Crippen molar-refractivity contribution in [1.82, 2.24) is 24.9 Å². The highest BCUT2D eigenvalue weighted by Crippen LogP contribution is 2.24. The Kier molecular flexibility index (Phi) is 5.66. The second-order valence-corrected chi connectivity index (χ2v) is 6.06. The lowest BCUT2D eigenvalue weighted by molar-refractivity contribution is 0.571. The summed E-state index contributed by atoms with van der Waals surface area (Å²) in [6.07, 6.45) is 2.57. The van der Waals surface area contributed by atoms with Crippen molar-refractivity contribution in [2.45, 2.75) is 26.8 Å². The Morgan fingerprint density at radius 2 is 2.09 bits per heavy atom. The van der Waals surface area contributed by atoms with Crippen molar-refractivity contribution >= 4 is 46.2 Å². The van der Waals surface area contributed by atoms with Crippen molar-refractivity contribution in [3.63, 3.8) is 0 Å². The molecule has 2 aromatic rings. The van der Waals surface area contributed by atoms with Gasteiger partial charge in [-0.05, 0) is 32.5 Å². The number of hydrogen-bond acceptors (Lipinski definition) is 3. The van der Waals surface area contributed by atoms with Gasteiger partial charge >= 0.3 is 0 Å². The predicted molar refractivity (Wildman–Crippen MR) is 93.8 cm³/mol. The summed E-state index contributed by atoms with van der Waals surface area (Å²) in [7, 11) is 1.89. The Balaban J connectivity index is 1.75. The Morgan fingerprint density at radius 1 is 1.36 bits per heavy atom. The van der Waals surface area contributed by atoms with E-state index in [-0.39, 0.29) is 0 Å². The number of aryl methyl sites for hydroxylation is 3. The van der Waals surface area contributed by atoms with Crippen molar-refractivity contribution in [1.29, 1.82) is 0 Å². The molecule has 0 atom stereocenters. The first-order valence-corrected chi connectivity index (χ1v) is 7.98. The van der Waals surface area contributed by atoms with Gasteiger partial charge in [-0.1, -0.05) is 23.2 Å². The minimum absolute atomic E-state index is 0.478. The van der Waals surface area contributed by atoms with Gasteiger partial charge in [0, 0.05) is 20.1 Å². The number of hydrogen-bond donors (Lipinski definition) is 2. The maximum Gasteiger partial charge on any atom is 0.170 e. The van der Waals surface area contributed by atoms with Gasteiger partial charge in [-0.25, -0.2) is 0 Å². The zero-order valence-electron chi connectivity index (χ0n) is 12.7. The van der Waals surface area contributed by atoms with Crippen LogP contribution in [0.2, 0.25) is 10.2 Å². The quantitative estimate of drug-likeness (QED) is 0.634. The van der Waals surface area contributed by atoms with Crippen LogP contribution in [0.1, 0.15) is 17.8 Å². The second kappa shape index (κ2) is 7.30. The first-order chi connectivity index (χ1) is 10.4. The van der Waals surface area contributed by atoms with Crippen LogP contribution in [0.15, 0.2) is 6.20 Å². The summed E-state index contributed by atoms with van der Waals surface area (Å²) >= 11 is 17.3. The number of thiocarbonyl (C=S) groups is 1. The molecule has 0 unspecified atom stereocenters. The Hall–Kier alpha value is -1.31.